The number of rotatable bonds is 11. The summed E-state index contributed by atoms with van der Waals surface area (Å²) in [5.41, 5.74) is 6.04. The van der Waals surface area contributed by atoms with E-state index in [0.717, 1.165) is 52.0 Å². The molecule has 0 saturated carbocycles. The average Bonchev–Trinajstić information content (AvgIpc) is 3.16. The minimum atomic E-state index is -1.26. The predicted molar refractivity (Wildman–Crippen MR) is 193 cm³/mol. The second-order valence-electron chi connectivity index (χ2n) is 13.4. The summed E-state index contributed by atoms with van der Waals surface area (Å²) in [6, 6.07) is 29.9. The van der Waals surface area contributed by atoms with Crippen molar-refractivity contribution in [1.29, 1.82) is 0 Å². The van der Waals surface area contributed by atoms with Gasteiger partial charge in [0.2, 0.25) is 17.7 Å². The first kappa shape index (κ1) is 35.2. The number of amides is 4. The van der Waals surface area contributed by atoms with Crippen LogP contribution in [-0.2, 0) is 46.8 Å². The van der Waals surface area contributed by atoms with Crippen LogP contribution in [0.5, 0.6) is 5.75 Å². The van der Waals surface area contributed by atoms with Crippen molar-refractivity contribution in [3.8, 4) is 5.75 Å². The second-order valence-corrected chi connectivity index (χ2v) is 13.4. The van der Waals surface area contributed by atoms with Gasteiger partial charge in [0.1, 0.15) is 30.5 Å². The number of fused-ring (bicyclic) bond motifs is 2. The van der Waals surface area contributed by atoms with Crippen LogP contribution in [0.25, 0.3) is 0 Å². The van der Waals surface area contributed by atoms with Gasteiger partial charge in [0.15, 0.2) is 0 Å². The fourth-order valence-electron chi connectivity index (χ4n) is 6.89. The van der Waals surface area contributed by atoms with Gasteiger partial charge in [0, 0.05) is 26.4 Å². The van der Waals surface area contributed by atoms with Gasteiger partial charge in [-0.1, -0.05) is 91.0 Å². The Kier molecular flexibility index (Phi) is 11.0. The molecule has 0 fully saturated rings. The van der Waals surface area contributed by atoms with Gasteiger partial charge in [-0.2, -0.15) is 0 Å². The highest BCUT2D eigenvalue weighted by atomic mass is 16.5. The summed E-state index contributed by atoms with van der Waals surface area (Å²) in [6.45, 7) is 2.06. The van der Waals surface area contributed by atoms with Gasteiger partial charge in [-0.3, -0.25) is 19.3 Å². The number of ether oxygens (including phenoxy) is 1. The Hall–Kier alpha value is -5.64. The quantitative estimate of drug-likeness (QED) is 0.193. The molecule has 51 heavy (non-hydrogen) atoms. The Morgan fingerprint density at radius 1 is 0.863 bits per heavy atom. The van der Waals surface area contributed by atoms with Crippen molar-refractivity contribution in [1.82, 2.24) is 20.4 Å². The number of carbonyl (C=O) groups is 4. The van der Waals surface area contributed by atoms with Crippen LogP contribution in [0.3, 0.4) is 0 Å². The molecule has 4 aromatic rings. The summed E-state index contributed by atoms with van der Waals surface area (Å²) in [5.74, 6) is -0.627. The third kappa shape index (κ3) is 8.40. The molecule has 3 N–H and O–H groups in total. The summed E-state index contributed by atoms with van der Waals surface area (Å²) < 4.78 is 5.95. The molecular weight excluding hydrogens is 644 g/mol. The maximum Gasteiger partial charge on any atom is 0.407 e. The Labute approximate surface area is 298 Å². The number of carboxylic acid groups (broad SMARTS) is 1. The molecule has 0 aromatic heterocycles. The SMILES string of the molecule is C[C@@H](C(=O)N[C@@H](Cc1ccc(OCc2ccccc2)cc1)C(=O)N1Cc2ccccc2C[C@H]1C(=O)N[C@@H]1CCCc2ccccc21)N(C)C(=O)O. The lowest BCUT2D eigenvalue weighted by atomic mass is 9.87. The van der Waals surface area contributed by atoms with Crippen LogP contribution in [0.15, 0.2) is 103 Å². The third-order valence-corrected chi connectivity index (χ3v) is 10.0. The average molecular weight is 689 g/mol. The molecule has 0 spiro atoms. The Morgan fingerprint density at radius 3 is 2.25 bits per heavy atom. The molecule has 1 aliphatic carbocycles. The number of likely N-dealkylation sites (N-methyl/N-ethyl adjacent to an activating group) is 1. The molecule has 1 heterocycles. The monoisotopic (exact) mass is 688 g/mol. The molecule has 4 aromatic carbocycles. The Morgan fingerprint density at radius 2 is 1.53 bits per heavy atom. The van der Waals surface area contributed by atoms with Crippen molar-refractivity contribution in [2.45, 2.75) is 76.3 Å². The van der Waals surface area contributed by atoms with Crippen molar-refractivity contribution in [2.75, 3.05) is 7.05 Å². The topological polar surface area (TPSA) is 128 Å². The van der Waals surface area contributed by atoms with Crippen molar-refractivity contribution < 1.29 is 29.0 Å². The van der Waals surface area contributed by atoms with Crippen LogP contribution in [0.1, 0.15) is 59.2 Å². The highest BCUT2D eigenvalue weighted by Crippen LogP contribution is 2.31. The molecule has 0 bridgehead atoms. The third-order valence-electron chi connectivity index (χ3n) is 10.0. The number of benzene rings is 4. The Bertz CT molecular complexity index is 1860. The molecule has 10 heteroatoms. The van der Waals surface area contributed by atoms with Crippen LogP contribution >= 0.6 is 0 Å². The molecular formula is C41H44N4O6. The molecule has 4 atom stereocenters. The first-order valence-corrected chi connectivity index (χ1v) is 17.4. The normalized spacial score (nSPS) is 17.6. The van der Waals surface area contributed by atoms with Gasteiger partial charge < -0.3 is 25.4 Å². The summed E-state index contributed by atoms with van der Waals surface area (Å²) >= 11 is 0. The lowest BCUT2D eigenvalue weighted by Gasteiger charge is -2.39. The Balaban J connectivity index is 1.26. The van der Waals surface area contributed by atoms with E-state index in [1.54, 1.807) is 4.90 Å². The minimum absolute atomic E-state index is 0.121. The second kappa shape index (κ2) is 15.9. The predicted octanol–water partition coefficient (Wildman–Crippen LogP) is 5.44. The van der Waals surface area contributed by atoms with Crippen LogP contribution in [-0.4, -0.2) is 63.9 Å². The molecule has 0 radical (unpaired) electrons. The van der Waals surface area contributed by atoms with E-state index in [2.05, 4.69) is 22.8 Å². The van der Waals surface area contributed by atoms with E-state index in [9.17, 15) is 24.3 Å². The number of aryl methyl sites for hydroxylation is 1. The van der Waals surface area contributed by atoms with Crippen LogP contribution in [0.2, 0.25) is 0 Å². The van der Waals surface area contributed by atoms with E-state index in [1.807, 2.05) is 91.0 Å². The molecule has 6 rings (SSSR count). The number of hydrogen-bond donors (Lipinski definition) is 3. The largest absolute Gasteiger partial charge is 0.489 e. The van der Waals surface area contributed by atoms with Gasteiger partial charge in [-0.25, -0.2) is 4.79 Å². The van der Waals surface area contributed by atoms with E-state index in [0.29, 0.717) is 18.8 Å². The standard InChI is InChI=1S/C41H44N4O6/c1-27(44(2)41(49)50)38(46)43-36(23-28-19-21-33(22-20-28)51-26-29-11-4-3-5-12-29)40(48)45-25-32-15-7-6-14-31(32)24-37(45)39(47)42-35-18-10-16-30-13-8-9-17-34(30)35/h3-9,11-15,17,19-22,27,35-37H,10,16,18,23-26H2,1-2H3,(H,42,47)(H,43,46)(H,49,50)/t27-,35+,36-,37-/m0/s1. The van der Waals surface area contributed by atoms with Gasteiger partial charge in [-0.05, 0) is 71.7 Å². The summed E-state index contributed by atoms with van der Waals surface area (Å²) in [5, 5.41) is 15.6. The van der Waals surface area contributed by atoms with Crippen LogP contribution < -0.4 is 15.4 Å². The smallest absolute Gasteiger partial charge is 0.407 e. The van der Waals surface area contributed by atoms with E-state index in [1.165, 1.54) is 19.5 Å². The van der Waals surface area contributed by atoms with Crippen LogP contribution in [0, 0.1) is 0 Å². The van der Waals surface area contributed by atoms with Gasteiger partial charge >= 0.3 is 6.09 Å². The maximum absolute atomic E-state index is 14.7. The molecule has 2 aliphatic rings. The van der Waals surface area contributed by atoms with Crippen molar-refractivity contribution in [3.63, 3.8) is 0 Å². The van der Waals surface area contributed by atoms with Gasteiger partial charge in [0.05, 0.1) is 6.04 Å². The van der Waals surface area contributed by atoms with Gasteiger partial charge in [-0.15, -0.1) is 0 Å². The van der Waals surface area contributed by atoms with Crippen LogP contribution in [0.4, 0.5) is 4.79 Å². The zero-order valence-electron chi connectivity index (χ0n) is 29.0. The number of nitrogens with one attached hydrogen (secondary N) is 2. The van der Waals surface area contributed by atoms with E-state index >= 15 is 0 Å². The lowest BCUT2D eigenvalue weighted by Crippen LogP contribution is -2.59. The number of hydrogen-bond acceptors (Lipinski definition) is 5. The molecule has 0 unspecified atom stereocenters. The number of nitrogens with zero attached hydrogens (tertiary/aromatic N) is 2. The highest BCUT2D eigenvalue weighted by Gasteiger charge is 2.39. The van der Waals surface area contributed by atoms with E-state index < -0.39 is 36.0 Å². The molecule has 264 valence electrons. The zero-order valence-corrected chi connectivity index (χ0v) is 29.0. The molecule has 0 saturated heterocycles. The molecule has 4 amide bonds. The van der Waals surface area contributed by atoms with Gasteiger partial charge in [0.25, 0.3) is 0 Å². The number of carbonyl (C=O) groups excluding carboxylic acids is 3. The minimum Gasteiger partial charge on any atom is -0.489 e. The van der Waals surface area contributed by atoms with Crippen molar-refractivity contribution in [2.24, 2.45) is 0 Å². The van der Waals surface area contributed by atoms with Crippen molar-refractivity contribution in [3.05, 3.63) is 137 Å². The summed E-state index contributed by atoms with van der Waals surface area (Å²) in [4.78, 5) is 56.5. The first-order chi connectivity index (χ1) is 24.7. The first-order valence-electron chi connectivity index (χ1n) is 17.4. The molecule has 1 aliphatic heterocycles. The molecule has 10 nitrogen and oxygen atoms in total. The summed E-state index contributed by atoms with van der Waals surface area (Å²) in [7, 11) is 1.31. The highest BCUT2D eigenvalue weighted by molar-refractivity contribution is 5.94. The van der Waals surface area contributed by atoms with Crippen molar-refractivity contribution >= 4 is 23.8 Å². The zero-order chi connectivity index (χ0) is 35.9. The fraction of sp³-hybridized carbons (Fsp3) is 0.317. The summed E-state index contributed by atoms with van der Waals surface area (Å²) in [6.07, 6.45) is 1.90. The maximum atomic E-state index is 14.7. The lowest BCUT2D eigenvalue weighted by molar-refractivity contribution is -0.145. The van der Waals surface area contributed by atoms with E-state index in [4.69, 9.17) is 4.74 Å². The van der Waals surface area contributed by atoms with E-state index in [-0.39, 0.29) is 24.9 Å². The fourth-order valence-corrected chi connectivity index (χ4v) is 6.89.